The molecule has 1 heteroatoms. The molecule has 0 fully saturated rings. The van der Waals surface area contributed by atoms with Crippen LogP contribution in [-0.2, 0) is 0 Å². The molecule has 0 radical (unpaired) electrons. The summed E-state index contributed by atoms with van der Waals surface area (Å²) in [6, 6.07) is 0. The minimum absolute atomic E-state index is 0.778. The smallest absolute Gasteiger partial charge is 0.0136 e. The van der Waals surface area contributed by atoms with Crippen LogP contribution in [0.4, 0.5) is 0 Å². The molecule has 12 heavy (non-hydrogen) atoms. The van der Waals surface area contributed by atoms with Crippen LogP contribution in [-0.4, -0.2) is 6.54 Å². The first-order valence-corrected chi connectivity index (χ1v) is 5.31. The third-order valence-corrected chi connectivity index (χ3v) is 2.65. The number of nitrogens with two attached hydrogens (primary N) is 1. The zero-order valence-electron chi connectivity index (χ0n) is 8.02. The molecule has 0 saturated heterocycles. The Labute approximate surface area is 76.0 Å². The quantitative estimate of drug-likeness (QED) is 0.597. The van der Waals surface area contributed by atoms with Gasteiger partial charge in [-0.2, -0.15) is 0 Å². The fourth-order valence-electron chi connectivity index (χ4n) is 1.80. The molecule has 0 heterocycles. The van der Waals surface area contributed by atoms with E-state index in [4.69, 9.17) is 5.73 Å². The minimum Gasteiger partial charge on any atom is -0.327 e. The fourth-order valence-corrected chi connectivity index (χ4v) is 1.80. The standard InChI is InChI=1S/C11H21N/c12-10-11-8-6-4-2-1-3-5-7-9-11/h8H,1-7,9-10,12H2/b11-8+. The Hall–Kier alpha value is -0.300. The number of hydrogen-bond donors (Lipinski definition) is 1. The van der Waals surface area contributed by atoms with Crippen LogP contribution in [0.25, 0.3) is 0 Å². The van der Waals surface area contributed by atoms with Gasteiger partial charge in [0.15, 0.2) is 0 Å². The lowest BCUT2D eigenvalue weighted by atomic mass is 10.0. The van der Waals surface area contributed by atoms with Gasteiger partial charge in [-0.05, 0) is 25.7 Å². The highest BCUT2D eigenvalue weighted by molar-refractivity contribution is 5.03. The van der Waals surface area contributed by atoms with E-state index in [9.17, 15) is 0 Å². The third-order valence-electron chi connectivity index (χ3n) is 2.65. The monoisotopic (exact) mass is 167 g/mol. The van der Waals surface area contributed by atoms with E-state index in [0.29, 0.717) is 0 Å². The molecule has 1 nitrogen and oxygen atoms in total. The minimum atomic E-state index is 0.778. The molecule has 0 aromatic rings. The summed E-state index contributed by atoms with van der Waals surface area (Å²) in [6.45, 7) is 0.778. The van der Waals surface area contributed by atoms with E-state index < -0.39 is 0 Å². The predicted molar refractivity (Wildman–Crippen MR) is 54.1 cm³/mol. The lowest BCUT2D eigenvalue weighted by Crippen LogP contribution is -2.03. The number of hydrogen-bond acceptors (Lipinski definition) is 1. The van der Waals surface area contributed by atoms with Crippen LogP contribution in [0.15, 0.2) is 11.6 Å². The van der Waals surface area contributed by atoms with E-state index in [1.54, 1.807) is 0 Å². The maximum Gasteiger partial charge on any atom is 0.0136 e. The SMILES string of the molecule is NC/C1=C/CCCCCCCC1. The summed E-state index contributed by atoms with van der Waals surface area (Å²) in [4.78, 5) is 0. The first-order chi connectivity index (χ1) is 5.93. The van der Waals surface area contributed by atoms with Crippen molar-refractivity contribution in [3.8, 4) is 0 Å². The van der Waals surface area contributed by atoms with Crippen LogP contribution in [0.5, 0.6) is 0 Å². The van der Waals surface area contributed by atoms with E-state index in [1.165, 1.54) is 56.9 Å². The van der Waals surface area contributed by atoms with Crippen molar-refractivity contribution < 1.29 is 0 Å². The molecular formula is C11H21N. The Bertz CT molecular complexity index is 138. The van der Waals surface area contributed by atoms with Crippen LogP contribution in [0.1, 0.15) is 51.4 Å². The van der Waals surface area contributed by atoms with Gasteiger partial charge in [0.1, 0.15) is 0 Å². The maximum absolute atomic E-state index is 5.65. The van der Waals surface area contributed by atoms with Crippen molar-refractivity contribution in [1.82, 2.24) is 0 Å². The second-order valence-corrected chi connectivity index (χ2v) is 3.73. The Morgan fingerprint density at radius 2 is 1.67 bits per heavy atom. The molecule has 0 saturated carbocycles. The molecular weight excluding hydrogens is 146 g/mol. The van der Waals surface area contributed by atoms with Gasteiger partial charge in [-0.25, -0.2) is 0 Å². The second-order valence-electron chi connectivity index (χ2n) is 3.73. The molecule has 0 amide bonds. The van der Waals surface area contributed by atoms with Crippen LogP contribution < -0.4 is 5.73 Å². The molecule has 70 valence electrons. The summed E-state index contributed by atoms with van der Waals surface area (Å²) in [7, 11) is 0. The van der Waals surface area contributed by atoms with Gasteiger partial charge in [0.2, 0.25) is 0 Å². The van der Waals surface area contributed by atoms with Gasteiger partial charge in [0, 0.05) is 6.54 Å². The van der Waals surface area contributed by atoms with Crippen LogP contribution in [0.3, 0.4) is 0 Å². The van der Waals surface area contributed by atoms with Crippen molar-refractivity contribution in [2.24, 2.45) is 5.73 Å². The van der Waals surface area contributed by atoms with Gasteiger partial charge in [-0.15, -0.1) is 0 Å². The highest BCUT2D eigenvalue weighted by Crippen LogP contribution is 2.15. The molecule has 1 aliphatic carbocycles. The molecule has 0 atom stereocenters. The van der Waals surface area contributed by atoms with E-state index in [2.05, 4.69) is 6.08 Å². The fraction of sp³-hybridized carbons (Fsp3) is 0.818. The summed E-state index contributed by atoms with van der Waals surface area (Å²) >= 11 is 0. The van der Waals surface area contributed by atoms with Crippen molar-refractivity contribution in [3.05, 3.63) is 11.6 Å². The van der Waals surface area contributed by atoms with Crippen LogP contribution in [0.2, 0.25) is 0 Å². The zero-order valence-corrected chi connectivity index (χ0v) is 8.02. The van der Waals surface area contributed by atoms with Gasteiger partial charge in [-0.1, -0.05) is 37.3 Å². The van der Waals surface area contributed by atoms with Crippen LogP contribution >= 0.6 is 0 Å². The highest BCUT2D eigenvalue weighted by atomic mass is 14.5. The average Bonchev–Trinajstić information content (AvgIpc) is 2.14. The molecule has 1 aliphatic rings. The Morgan fingerprint density at radius 3 is 2.42 bits per heavy atom. The normalized spacial score (nSPS) is 25.9. The topological polar surface area (TPSA) is 26.0 Å². The predicted octanol–water partition coefficient (Wildman–Crippen LogP) is 3.01. The Morgan fingerprint density at radius 1 is 1.00 bits per heavy atom. The molecule has 0 aliphatic heterocycles. The largest absolute Gasteiger partial charge is 0.327 e. The van der Waals surface area contributed by atoms with Crippen molar-refractivity contribution in [3.63, 3.8) is 0 Å². The van der Waals surface area contributed by atoms with Crippen molar-refractivity contribution in [1.29, 1.82) is 0 Å². The van der Waals surface area contributed by atoms with Crippen molar-refractivity contribution in [2.45, 2.75) is 51.4 Å². The summed E-state index contributed by atoms with van der Waals surface area (Å²) < 4.78 is 0. The first-order valence-electron chi connectivity index (χ1n) is 5.31. The summed E-state index contributed by atoms with van der Waals surface area (Å²) in [5.41, 5.74) is 7.13. The summed E-state index contributed by atoms with van der Waals surface area (Å²) in [6.07, 6.45) is 13.3. The van der Waals surface area contributed by atoms with Gasteiger partial charge < -0.3 is 5.73 Å². The van der Waals surface area contributed by atoms with Gasteiger partial charge in [-0.3, -0.25) is 0 Å². The summed E-state index contributed by atoms with van der Waals surface area (Å²) in [5.74, 6) is 0. The van der Waals surface area contributed by atoms with Crippen molar-refractivity contribution >= 4 is 0 Å². The van der Waals surface area contributed by atoms with E-state index in [0.717, 1.165) is 6.54 Å². The Balaban J connectivity index is 2.32. The zero-order chi connectivity index (χ0) is 8.65. The van der Waals surface area contributed by atoms with E-state index in [1.807, 2.05) is 0 Å². The number of allylic oxidation sites excluding steroid dienone is 1. The number of rotatable bonds is 1. The van der Waals surface area contributed by atoms with Crippen LogP contribution in [0, 0.1) is 0 Å². The lowest BCUT2D eigenvalue weighted by Gasteiger charge is -2.07. The molecule has 0 aromatic carbocycles. The molecule has 1 rings (SSSR count). The molecule has 0 aromatic heterocycles. The highest BCUT2D eigenvalue weighted by Gasteiger charge is 1.98. The Kier molecular flexibility index (Phi) is 5.09. The van der Waals surface area contributed by atoms with E-state index in [-0.39, 0.29) is 0 Å². The first kappa shape index (κ1) is 9.79. The third kappa shape index (κ3) is 3.91. The lowest BCUT2D eigenvalue weighted by molar-refractivity contribution is 0.583. The molecule has 0 unspecified atom stereocenters. The molecule has 0 bridgehead atoms. The average molecular weight is 167 g/mol. The van der Waals surface area contributed by atoms with Crippen molar-refractivity contribution in [2.75, 3.05) is 6.54 Å². The second kappa shape index (κ2) is 6.24. The molecule has 2 N–H and O–H groups in total. The van der Waals surface area contributed by atoms with E-state index >= 15 is 0 Å². The molecule has 0 spiro atoms. The van der Waals surface area contributed by atoms with Gasteiger partial charge in [0.25, 0.3) is 0 Å². The van der Waals surface area contributed by atoms with Gasteiger partial charge >= 0.3 is 0 Å². The maximum atomic E-state index is 5.65. The van der Waals surface area contributed by atoms with Gasteiger partial charge in [0.05, 0.1) is 0 Å². The summed E-state index contributed by atoms with van der Waals surface area (Å²) in [5, 5.41) is 0.